The normalized spacial score (nSPS) is 10.9. The third kappa shape index (κ3) is 3.37. The van der Waals surface area contributed by atoms with E-state index in [9.17, 15) is 4.79 Å². The Kier molecular flexibility index (Phi) is 4.30. The molecule has 0 aliphatic carbocycles. The van der Waals surface area contributed by atoms with Gasteiger partial charge in [-0.3, -0.25) is 19.7 Å². The molecule has 0 saturated carbocycles. The second-order valence-electron chi connectivity index (χ2n) is 6.24. The van der Waals surface area contributed by atoms with E-state index in [4.69, 9.17) is 0 Å². The molecular weight excluding hydrogens is 384 g/mol. The molecule has 0 bridgehead atoms. The van der Waals surface area contributed by atoms with Gasteiger partial charge in [0.1, 0.15) is 11.4 Å². The van der Waals surface area contributed by atoms with Crippen molar-refractivity contribution in [3.05, 3.63) is 84.5 Å². The summed E-state index contributed by atoms with van der Waals surface area (Å²) in [5, 5.41) is 6.29. The number of rotatable bonds is 4. The van der Waals surface area contributed by atoms with Crippen molar-refractivity contribution in [3.8, 4) is 17.1 Å². The average Bonchev–Trinajstić information content (AvgIpc) is 3.44. The van der Waals surface area contributed by atoms with Crippen molar-refractivity contribution >= 4 is 33.3 Å². The number of para-hydroxylation sites is 1. The largest absolute Gasteiger partial charge is 0.296 e. The number of pyridine rings is 2. The first kappa shape index (κ1) is 17.2. The van der Waals surface area contributed by atoms with Crippen LogP contribution in [0.25, 0.3) is 28.0 Å². The molecule has 140 valence electrons. The molecule has 5 aromatic rings. The molecular formula is C21H14N6OS. The SMILES string of the molecule is O=C(Nc1nc(-c2ccc3ccccc3n2)cs1)c1cncn1-c1cccnc1. The second-order valence-corrected chi connectivity index (χ2v) is 7.10. The van der Waals surface area contributed by atoms with Gasteiger partial charge in [0.25, 0.3) is 5.91 Å². The van der Waals surface area contributed by atoms with Crippen LogP contribution in [-0.4, -0.2) is 30.4 Å². The van der Waals surface area contributed by atoms with Crippen LogP contribution in [0.15, 0.2) is 78.8 Å². The maximum Gasteiger partial charge on any atom is 0.276 e. The van der Waals surface area contributed by atoms with Gasteiger partial charge in [0.05, 0.1) is 35.6 Å². The zero-order valence-electron chi connectivity index (χ0n) is 15.1. The molecule has 0 aliphatic heterocycles. The number of hydrogen-bond acceptors (Lipinski definition) is 6. The fourth-order valence-corrected chi connectivity index (χ4v) is 3.68. The molecule has 1 aromatic carbocycles. The highest BCUT2D eigenvalue weighted by Gasteiger charge is 2.15. The van der Waals surface area contributed by atoms with E-state index in [0.29, 0.717) is 10.8 Å². The minimum atomic E-state index is -0.293. The van der Waals surface area contributed by atoms with E-state index in [1.807, 2.05) is 47.8 Å². The van der Waals surface area contributed by atoms with Crippen LogP contribution in [0.2, 0.25) is 0 Å². The first-order chi connectivity index (χ1) is 14.3. The highest BCUT2D eigenvalue weighted by atomic mass is 32.1. The number of carbonyl (C=O) groups excluding carboxylic acids is 1. The molecule has 0 atom stereocenters. The molecule has 7 nitrogen and oxygen atoms in total. The van der Waals surface area contributed by atoms with Crippen molar-refractivity contribution in [3.63, 3.8) is 0 Å². The quantitative estimate of drug-likeness (QED) is 0.491. The predicted octanol–water partition coefficient (Wildman–Crippen LogP) is 4.19. The van der Waals surface area contributed by atoms with E-state index < -0.39 is 0 Å². The van der Waals surface area contributed by atoms with Crippen LogP contribution in [-0.2, 0) is 0 Å². The molecule has 29 heavy (non-hydrogen) atoms. The van der Waals surface area contributed by atoms with E-state index in [-0.39, 0.29) is 5.91 Å². The molecule has 1 amide bonds. The Bertz CT molecular complexity index is 1310. The number of thiazole rings is 1. The number of hydrogen-bond donors (Lipinski definition) is 1. The summed E-state index contributed by atoms with van der Waals surface area (Å²) in [5.41, 5.74) is 3.55. The molecule has 8 heteroatoms. The zero-order valence-corrected chi connectivity index (χ0v) is 15.9. The van der Waals surface area contributed by atoms with Gasteiger partial charge in [-0.05, 0) is 24.3 Å². The smallest absolute Gasteiger partial charge is 0.276 e. The second kappa shape index (κ2) is 7.25. The fraction of sp³-hybridized carbons (Fsp3) is 0. The zero-order chi connectivity index (χ0) is 19.6. The highest BCUT2D eigenvalue weighted by Crippen LogP contribution is 2.26. The number of nitrogens with one attached hydrogen (secondary N) is 1. The molecule has 4 aromatic heterocycles. The lowest BCUT2D eigenvalue weighted by Gasteiger charge is -2.06. The van der Waals surface area contributed by atoms with Gasteiger partial charge >= 0.3 is 0 Å². The third-order valence-corrected chi connectivity index (χ3v) is 5.14. The topological polar surface area (TPSA) is 85.6 Å². The molecule has 0 fully saturated rings. The Morgan fingerprint density at radius 3 is 2.76 bits per heavy atom. The lowest BCUT2D eigenvalue weighted by Crippen LogP contribution is -2.16. The van der Waals surface area contributed by atoms with Gasteiger partial charge in [-0.25, -0.2) is 15.0 Å². The third-order valence-electron chi connectivity index (χ3n) is 4.38. The summed E-state index contributed by atoms with van der Waals surface area (Å²) in [7, 11) is 0. The summed E-state index contributed by atoms with van der Waals surface area (Å²) < 4.78 is 1.68. The van der Waals surface area contributed by atoms with Crippen LogP contribution >= 0.6 is 11.3 Å². The molecule has 1 N–H and O–H groups in total. The van der Waals surface area contributed by atoms with Crippen molar-refractivity contribution in [2.75, 3.05) is 5.32 Å². The first-order valence-electron chi connectivity index (χ1n) is 8.84. The van der Waals surface area contributed by atoms with E-state index in [1.165, 1.54) is 17.5 Å². The summed E-state index contributed by atoms with van der Waals surface area (Å²) in [6, 6.07) is 15.5. The number of nitrogens with zero attached hydrogens (tertiary/aromatic N) is 5. The standard InChI is InChI=1S/C21H14N6OS/c28-20(19-11-23-13-27(19)15-5-3-9-22-10-15)26-21-25-18(12-29-21)17-8-7-14-4-1-2-6-16(14)24-17/h1-13H,(H,25,26,28). The van der Waals surface area contributed by atoms with Gasteiger partial charge in [-0.2, -0.15) is 0 Å². The van der Waals surface area contributed by atoms with Crippen LogP contribution in [0, 0.1) is 0 Å². The van der Waals surface area contributed by atoms with Crippen LogP contribution in [0.3, 0.4) is 0 Å². The molecule has 0 radical (unpaired) electrons. The van der Waals surface area contributed by atoms with E-state index in [1.54, 1.807) is 29.4 Å². The lowest BCUT2D eigenvalue weighted by atomic mass is 10.2. The van der Waals surface area contributed by atoms with Gasteiger partial charge in [-0.1, -0.05) is 24.3 Å². The number of carbonyl (C=O) groups is 1. The Labute approximate surface area is 169 Å². The monoisotopic (exact) mass is 398 g/mol. The number of aromatic nitrogens is 5. The van der Waals surface area contributed by atoms with Crippen LogP contribution in [0.1, 0.15) is 10.5 Å². The minimum absolute atomic E-state index is 0.293. The summed E-state index contributed by atoms with van der Waals surface area (Å²) in [5.74, 6) is -0.293. The van der Waals surface area contributed by atoms with Gasteiger partial charge in [0.2, 0.25) is 0 Å². The van der Waals surface area contributed by atoms with Gasteiger partial charge in [0, 0.05) is 17.0 Å². The Morgan fingerprint density at radius 2 is 1.86 bits per heavy atom. The maximum absolute atomic E-state index is 12.7. The number of benzene rings is 1. The van der Waals surface area contributed by atoms with Crippen LogP contribution < -0.4 is 5.32 Å². The highest BCUT2D eigenvalue weighted by molar-refractivity contribution is 7.14. The van der Waals surface area contributed by atoms with Crippen LogP contribution in [0.5, 0.6) is 0 Å². The van der Waals surface area contributed by atoms with E-state index in [2.05, 4.69) is 25.3 Å². The molecule has 0 unspecified atom stereocenters. The van der Waals surface area contributed by atoms with E-state index >= 15 is 0 Å². The van der Waals surface area contributed by atoms with Crippen molar-refractivity contribution < 1.29 is 4.79 Å². The fourth-order valence-electron chi connectivity index (χ4n) is 2.98. The molecule has 0 saturated heterocycles. The summed E-state index contributed by atoms with van der Waals surface area (Å²) in [6.45, 7) is 0. The Morgan fingerprint density at radius 1 is 0.931 bits per heavy atom. The van der Waals surface area contributed by atoms with Crippen molar-refractivity contribution in [1.29, 1.82) is 0 Å². The number of imidazole rings is 1. The van der Waals surface area contributed by atoms with Crippen LogP contribution in [0.4, 0.5) is 5.13 Å². The number of anilines is 1. The summed E-state index contributed by atoms with van der Waals surface area (Å²) in [6.07, 6.45) is 6.45. The Balaban J connectivity index is 1.39. The van der Waals surface area contributed by atoms with Crippen molar-refractivity contribution in [2.45, 2.75) is 0 Å². The Hall–Kier alpha value is -3.91. The molecule has 0 aliphatic rings. The number of fused-ring (bicyclic) bond motifs is 1. The van der Waals surface area contributed by atoms with Crippen molar-refractivity contribution in [2.24, 2.45) is 0 Å². The van der Waals surface area contributed by atoms with Gasteiger partial charge in [0.15, 0.2) is 5.13 Å². The first-order valence-corrected chi connectivity index (χ1v) is 9.72. The lowest BCUT2D eigenvalue weighted by molar-refractivity contribution is 0.102. The minimum Gasteiger partial charge on any atom is -0.296 e. The maximum atomic E-state index is 12.7. The summed E-state index contributed by atoms with van der Waals surface area (Å²) >= 11 is 1.35. The summed E-state index contributed by atoms with van der Waals surface area (Å²) in [4.78, 5) is 30.1. The number of amides is 1. The van der Waals surface area contributed by atoms with Gasteiger partial charge in [-0.15, -0.1) is 11.3 Å². The molecule has 4 heterocycles. The average molecular weight is 398 g/mol. The molecule has 5 rings (SSSR count). The van der Waals surface area contributed by atoms with E-state index in [0.717, 1.165) is 28.0 Å². The van der Waals surface area contributed by atoms with Crippen molar-refractivity contribution in [1.82, 2.24) is 24.5 Å². The molecule has 0 spiro atoms. The predicted molar refractivity (Wildman–Crippen MR) is 112 cm³/mol. The van der Waals surface area contributed by atoms with Gasteiger partial charge < -0.3 is 0 Å².